The van der Waals surface area contributed by atoms with Crippen molar-refractivity contribution in [3.8, 4) is 27.9 Å². The van der Waals surface area contributed by atoms with Gasteiger partial charge in [0, 0.05) is 5.41 Å². The molecular formula is C36H26N2. The van der Waals surface area contributed by atoms with Gasteiger partial charge in [-0.05, 0) is 67.1 Å². The van der Waals surface area contributed by atoms with Crippen LogP contribution in [0.15, 0.2) is 122 Å². The molecule has 0 amide bonds. The molecule has 2 heterocycles. The molecule has 0 aliphatic carbocycles. The number of imidazole rings is 1. The molecule has 1 aliphatic rings. The Labute approximate surface area is 223 Å². The Bertz CT molecular complexity index is 2040. The largest absolute Gasteiger partial charge is 0.298 e. The number of hydrogen-bond donors (Lipinski definition) is 0. The maximum absolute atomic E-state index is 8.80. The molecule has 0 spiro atoms. The Balaban J connectivity index is 1.59. The third kappa shape index (κ3) is 2.75. The summed E-state index contributed by atoms with van der Waals surface area (Å²) >= 11 is 0. The van der Waals surface area contributed by atoms with Crippen LogP contribution in [0.5, 0.6) is 0 Å². The van der Waals surface area contributed by atoms with Gasteiger partial charge in [0.2, 0.25) is 0 Å². The summed E-state index contributed by atoms with van der Waals surface area (Å²) in [6.07, 6.45) is 0.278. The van der Waals surface area contributed by atoms with Crippen molar-refractivity contribution in [1.82, 2.24) is 9.55 Å². The minimum Gasteiger partial charge on any atom is -0.298 e. The van der Waals surface area contributed by atoms with Crippen LogP contribution in [-0.2, 0) is 5.41 Å². The Morgan fingerprint density at radius 2 is 1.21 bits per heavy atom. The van der Waals surface area contributed by atoms with Crippen LogP contribution < -0.4 is 0 Å². The minimum atomic E-state index is -0.284. The van der Waals surface area contributed by atoms with Gasteiger partial charge < -0.3 is 0 Å². The van der Waals surface area contributed by atoms with Crippen molar-refractivity contribution in [3.63, 3.8) is 0 Å². The van der Waals surface area contributed by atoms with E-state index in [9.17, 15) is 0 Å². The maximum atomic E-state index is 8.80. The molecule has 0 saturated heterocycles. The number of fused-ring (bicyclic) bond motifs is 4. The van der Waals surface area contributed by atoms with Gasteiger partial charge in [-0.15, -0.1) is 0 Å². The van der Waals surface area contributed by atoms with Gasteiger partial charge in [-0.25, -0.2) is 4.98 Å². The third-order valence-corrected chi connectivity index (χ3v) is 8.36. The van der Waals surface area contributed by atoms with E-state index in [-0.39, 0.29) is 11.7 Å². The quantitative estimate of drug-likeness (QED) is 0.222. The molecule has 0 bridgehead atoms. The number of benzene rings is 6. The fourth-order valence-corrected chi connectivity index (χ4v) is 6.73. The molecule has 1 aliphatic heterocycles. The average molecular weight is 488 g/mol. The predicted octanol–water partition coefficient (Wildman–Crippen LogP) is 9.31. The van der Waals surface area contributed by atoms with E-state index in [1.807, 2.05) is 4.57 Å². The Kier molecular flexibility index (Phi) is 4.11. The van der Waals surface area contributed by atoms with Crippen LogP contribution in [0.3, 0.4) is 0 Å². The van der Waals surface area contributed by atoms with Crippen LogP contribution in [0, 0.1) is 0 Å². The monoisotopic (exact) mass is 487 g/mol. The average Bonchev–Trinajstić information content (AvgIpc) is 3.31. The van der Waals surface area contributed by atoms with Gasteiger partial charge in [0.05, 0.1) is 16.7 Å². The molecule has 7 aromatic rings. The molecule has 0 atom stereocenters. The van der Waals surface area contributed by atoms with Gasteiger partial charge in [-0.2, -0.15) is 0 Å². The van der Waals surface area contributed by atoms with Crippen molar-refractivity contribution in [2.24, 2.45) is 0 Å². The number of rotatable bonds is 2. The summed E-state index contributed by atoms with van der Waals surface area (Å²) in [7, 11) is 0. The summed E-state index contributed by atoms with van der Waals surface area (Å²) in [4.78, 5) is 4.69. The lowest BCUT2D eigenvalue weighted by Crippen LogP contribution is -2.27. The molecule has 0 saturated carbocycles. The second-order valence-corrected chi connectivity index (χ2v) is 10.8. The number of nitrogens with zero attached hydrogens (tertiary/aromatic N) is 2. The number of para-hydroxylation sites is 1. The van der Waals surface area contributed by atoms with E-state index < -0.39 is 0 Å². The Morgan fingerprint density at radius 3 is 1.89 bits per heavy atom. The molecule has 8 rings (SSSR count). The molecule has 180 valence electrons. The van der Waals surface area contributed by atoms with Crippen molar-refractivity contribution in [3.05, 3.63) is 133 Å². The van der Waals surface area contributed by atoms with Crippen molar-refractivity contribution in [2.75, 3.05) is 0 Å². The van der Waals surface area contributed by atoms with Crippen molar-refractivity contribution in [2.45, 2.75) is 19.3 Å². The molecule has 38 heavy (non-hydrogen) atoms. The van der Waals surface area contributed by atoms with E-state index in [0.29, 0.717) is 0 Å². The Hall–Kier alpha value is -4.69. The molecular weight excluding hydrogens is 460 g/mol. The van der Waals surface area contributed by atoms with E-state index in [0.717, 1.165) is 16.7 Å². The molecule has 2 heteroatoms. The van der Waals surface area contributed by atoms with E-state index in [2.05, 4.69) is 129 Å². The highest BCUT2D eigenvalue weighted by Gasteiger charge is 2.37. The highest BCUT2D eigenvalue weighted by molar-refractivity contribution is 6.22. The zero-order valence-corrected chi connectivity index (χ0v) is 21.4. The van der Waals surface area contributed by atoms with Crippen molar-refractivity contribution < 1.29 is 1.37 Å². The molecule has 0 radical (unpaired) electrons. The van der Waals surface area contributed by atoms with Crippen LogP contribution in [-0.4, -0.2) is 9.55 Å². The topological polar surface area (TPSA) is 17.8 Å². The summed E-state index contributed by atoms with van der Waals surface area (Å²) in [5.41, 5.74) is 10.1. The molecule has 1 aromatic heterocycles. The fraction of sp³-hybridized carbons (Fsp3) is 0.0833. The predicted molar refractivity (Wildman–Crippen MR) is 159 cm³/mol. The number of hydrogen-bond acceptors (Lipinski definition) is 1. The fourth-order valence-electron chi connectivity index (χ4n) is 6.73. The lowest BCUT2D eigenvalue weighted by Gasteiger charge is -2.36. The van der Waals surface area contributed by atoms with Gasteiger partial charge in [0.25, 0.3) is 0 Å². The van der Waals surface area contributed by atoms with E-state index in [1.165, 1.54) is 54.9 Å². The minimum absolute atomic E-state index is 0.278. The van der Waals surface area contributed by atoms with Crippen LogP contribution in [0.4, 0.5) is 0 Å². The molecule has 0 unspecified atom stereocenters. The maximum Gasteiger partial charge on any atom is 0.105 e. The summed E-state index contributed by atoms with van der Waals surface area (Å²) < 4.78 is 10.8. The second-order valence-electron chi connectivity index (χ2n) is 10.8. The molecule has 0 N–H and O–H groups in total. The first-order valence-electron chi connectivity index (χ1n) is 13.7. The first-order chi connectivity index (χ1) is 19.1. The molecule has 2 nitrogen and oxygen atoms in total. The highest BCUT2D eigenvalue weighted by atomic mass is 15.1. The lowest BCUT2D eigenvalue weighted by atomic mass is 9.71. The lowest BCUT2D eigenvalue weighted by molar-refractivity contribution is 0.630. The van der Waals surface area contributed by atoms with Crippen molar-refractivity contribution in [1.29, 1.82) is 0 Å². The SMILES string of the molecule is [2H]c1nc2ccc(-c3c4ccccc4c(-c4ccccc4)c4ccccc34)c3c2n1-c1ccccc1C3(C)C. The van der Waals surface area contributed by atoms with Crippen LogP contribution in [0.1, 0.15) is 26.3 Å². The first-order valence-corrected chi connectivity index (χ1v) is 13.2. The van der Waals surface area contributed by atoms with Crippen LogP contribution in [0.25, 0.3) is 60.5 Å². The molecule has 6 aromatic carbocycles. The highest BCUT2D eigenvalue weighted by Crippen LogP contribution is 2.51. The summed E-state index contributed by atoms with van der Waals surface area (Å²) in [5, 5.41) is 4.96. The zero-order valence-electron chi connectivity index (χ0n) is 22.4. The van der Waals surface area contributed by atoms with Crippen LogP contribution >= 0.6 is 0 Å². The van der Waals surface area contributed by atoms with Gasteiger partial charge >= 0.3 is 0 Å². The summed E-state index contributed by atoms with van der Waals surface area (Å²) in [6, 6.07) is 41.1. The van der Waals surface area contributed by atoms with Crippen LogP contribution in [0.2, 0.25) is 0 Å². The normalized spacial score (nSPS) is 14.1. The van der Waals surface area contributed by atoms with E-state index in [4.69, 9.17) is 6.35 Å². The third-order valence-electron chi connectivity index (χ3n) is 8.36. The standard InChI is InChI=1S/C36H26N2/c1-36(2)29-18-10-11-19-31(29)38-22-37-30-21-20-28(34(36)35(30)38)33-26-16-8-6-14-24(26)32(23-12-4-3-5-13-23)25-15-7-9-17-27(25)33/h3-22H,1-2H3/i22D. The molecule has 0 fully saturated rings. The van der Waals surface area contributed by atoms with E-state index in [1.54, 1.807) is 0 Å². The smallest absolute Gasteiger partial charge is 0.105 e. The van der Waals surface area contributed by atoms with Crippen molar-refractivity contribution >= 4 is 32.6 Å². The van der Waals surface area contributed by atoms with Gasteiger partial charge in [0.15, 0.2) is 0 Å². The van der Waals surface area contributed by atoms with E-state index >= 15 is 0 Å². The number of aromatic nitrogens is 2. The van der Waals surface area contributed by atoms with Gasteiger partial charge in [-0.1, -0.05) is 117 Å². The zero-order chi connectivity index (χ0) is 26.3. The Morgan fingerprint density at radius 1 is 0.632 bits per heavy atom. The van der Waals surface area contributed by atoms with Gasteiger partial charge in [-0.3, -0.25) is 4.57 Å². The van der Waals surface area contributed by atoms with Gasteiger partial charge in [0.1, 0.15) is 7.67 Å². The first kappa shape index (κ1) is 20.4. The second kappa shape index (κ2) is 7.66. The summed E-state index contributed by atoms with van der Waals surface area (Å²) in [5.74, 6) is 0. The summed E-state index contributed by atoms with van der Waals surface area (Å²) in [6.45, 7) is 4.62.